The van der Waals surface area contributed by atoms with Gasteiger partial charge in [0.2, 0.25) is 0 Å². The van der Waals surface area contributed by atoms with Gasteiger partial charge in [0.05, 0.1) is 12.2 Å². The third kappa shape index (κ3) is 3.36. The lowest BCUT2D eigenvalue weighted by atomic mass is 9.41. The average molecular weight is 421 g/mol. The molecule has 4 unspecified atom stereocenters. The molecule has 4 aliphatic rings. The van der Waals surface area contributed by atoms with Crippen molar-refractivity contribution in [2.75, 3.05) is 0 Å². The predicted molar refractivity (Wildman–Crippen MR) is 118 cm³/mol. The third-order valence-electron chi connectivity index (χ3n) is 11.0. The zero-order valence-corrected chi connectivity index (χ0v) is 19.5. The summed E-state index contributed by atoms with van der Waals surface area (Å²) in [6.07, 6.45) is 9.27. The Morgan fingerprint density at radius 3 is 2.33 bits per heavy atom. The van der Waals surface area contributed by atoms with Gasteiger partial charge >= 0.3 is 5.97 Å². The number of aliphatic hydroxyl groups is 2. The normalized spacial score (nSPS) is 51.5. The number of hydrogen-bond acceptors (Lipinski definition) is 3. The van der Waals surface area contributed by atoms with Crippen LogP contribution in [0, 0.1) is 52.3 Å². The first kappa shape index (κ1) is 22.6. The third-order valence-corrected chi connectivity index (χ3v) is 11.0. The van der Waals surface area contributed by atoms with Crippen molar-refractivity contribution in [1.82, 2.24) is 0 Å². The lowest BCUT2D eigenvalue weighted by Crippen LogP contribution is -2.62. The first-order valence-electron chi connectivity index (χ1n) is 12.7. The second kappa shape index (κ2) is 8.06. The Balaban J connectivity index is 1.61. The Morgan fingerprint density at radius 2 is 1.67 bits per heavy atom. The van der Waals surface area contributed by atoms with Crippen molar-refractivity contribution >= 4 is 5.97 Å². The Bertz CT molecular complexity index is 649. The molecule has 11 atom stereocenters. The minimum atomic E-state index is -0.683. The van der Waals surface area contributed by atoms with E-state index in [-0.39, 0.29) is 29.5 Å². The SMILES string of the molecule is CC[C@H]1C(O)C2C3CC[C@H]([C@H](C)CCC(=O)O)[C@@]3(C)CCC2[C@@]2(C)CC[C@@H](O)C[C@@H]12. The largest absolute Gasteiger partial charge is 0.481 e. The fourth-order valence-electron chi connectivity index (χ4n) is 9.48. The maximum atomic E-state index is 11.7. The fraction of sp³-hybridized carbons (Fsp3) is 0.962. The smallest absolute Gasteiger partial charge is 0.303 e. The quantitative estimate of drug-likeness (QED) is 0.577. The van der Waals surface area contributed by atoms with E-state index in [1.807, 2.05) is 0 Å². The minimum Gasteiger partial charge on any atom is -0.481 e. The molecule has 0 heterocycles. The van der Waals surface area contributed by atoms with Gasteiger partial charge in [-0.05, 0) is 104 Å². The topological polar surface area (TPSA) is 77.8 Å². The minimum absolute atomic E-state index is 0.194. The molecule has 0 bridgehead atoms. The first-order valence-corrected chi connectivity index (χ1v) is 12.7. The van der Waals surface area contributed by atoms with Crippen LogP contribution in [0.5, 0.6) is 0 Å². The molecule has 0 spiro atoms. The van der Waals surface area contributed by atoms with E-state index < -0.39 is 5.97 Å². The van der Waals surface area contributed by atoms with Crippen LogP contribution in [0.15, 0.2) is 0 Å². The zero-order chi connectivity index (χ0) is 21.8. The van der Waals surface area contributed by atoms with E-state index in [1.165, 1.54) is 25.7 Å². The number of carboxylic acids is 1. The van der Waals surface area contributed by atoms with Gasteiger partial charge in [-0.2, -0.15) is 0 Å². The molecule has 4 rings (SSSR count). The summed E-state index contributed by atoms with van der Waals surface area (Å²) in [6.45, 7) is 9.44. The number of aliphatic carboxylic acids is 1. The maximum absolute atomic E-state index is 11.7. The Kier molecular flexibility index (Phi) is 6.07. The fourth-order valence-corrected chi connectivity index (χ4v) is 9.48. The predicted octanol–water partition coefficient (Wildman–Crippen LogP) is 5.11. The molecule has 3 N–H and O–H groups in total. The van der Waals surface area contributed by atoms with E-state index in [1.54, 1.807) is 0 Å². The molecular formula is C26H44O4. The number of hydrogen-bond donors (Lipinski definition) is 3. The molecule has 4 heteroatoms. The number of carboxylic acid groups (broad SMARTS) is 1. The van der Waals surface area contributed by atoms with Gasteiger partial charge in [-0.3, -0.25) is 4.79 Å². The number of aliphatic hydroxyl groups excluding tert-OH is 2. The molecule has 4 saturated carbocycles. The molecule has 4 nitrogen and oxygen atoms in total. The van der Waals surface area contributed by atoms with Crippen LogP contribution in [-0.2, 0) is 4.79 Å². The molecule has 0 amide bonds. The Morgan fingerprint density at radius 1 is 1.00 bits per heavy atom. The molecule has 0 aromatic rings. The van der Waals surface area contributed by atoms with Gasteiger partial charge in [0.1, 0.15) is 0 Å². The number of carbonyl (C=O) groups is 1. The second-order valence-corrected chi connectivity index (χ2v) is 12.0. The molecule has 4 fully saturated rings. The van der Waals surface area contributed by atoms with Crippen molar-refractivity contribution in [3.05, 3.63) is 0 Å². The standard InChI is InChI=1S/C26H44O4/c1-5-17-21-14-16(27)10-12-26(21,4)20-11-13-25(3)18(15(2)6-9-22(28)29)7-8-19(25)23(20)24(17)30/h15-21,23-24,27,30H,5-14H2,1-4H3,(H,28,29)/t15-,16-,17-,18-,19?,20?,21+,23?,24?,25-,26-/m1/s1. The Hall–Kier alpha value is -0.610. The number of fused-ring (bicyclic) bond motifs is 5. The highest BCUT2D eigenvalue weighted by atomic mass is 16.4. The second-order valence-electron chi connectivity index (χ2n) is 12.0. The highest BCUT2D eigenvalue weighted by Gasteiger charge is 2.64. The van der Waals surface area contributed by atoms with Gasteiger partial charge in [-0.15, -0.1) is 0 Å². The van der Waals surface area contributed by atoms with Crippen molar-refractivity contribution in [1.29, 1.82) is 0 Å². The molecule has 0 aliphatic heterocycles. The summed E-state index contributed by atoms with van der Waals surface area (Å²) in [5, 5.41) is 31.3. The van der Waals surface area contributed by atoms with Crippen LogP contribution in [0.25, 0.3) is 0 Å². The van der Waals surface area contributed by atoms with Crippen molar-refractivity contribution in [3.63, 3.8) is 0 Å². The van der Waals surface area contributed by atoms with Gasteiger partial charge in [-0.25, -0.2) is 0 Å². The van der Waals surface area contributed by atoms with Crippen LogP contribution in [-0.4, -0.2) is 33.5 Å². The Labute approximate surface area is 182 Å². The monoisotopic (exact) mass is 420 g/mol. The summed E-state index contributed by atoms with van der Waals surface area (Å²) < 4.78 is 0. The van der Waals surface area contributed by atoms with Gasteiger partial charge in [0.15, 0.2) is 0 Å². The summed E-state index contributed by atoms with van der Waals surface area (Å²) in [5.74, 6) is 2.58. The van der Waals surface area contributed by atoms with Crippen LogP contribution >= 0.6 is 0 Å². The van der Waals surface area contributed by atoms with E-state index in [4.69, 9.17) is 5.11 Å². The van der Waals surface area contributed by atoms with Gasteiger partial charge in [-0.1, -0.05) is 34.1 Å². The average Bonchev–Trinajstić information content (AvgIpc) is 3.05. The van der Waals surface area contributed by atoms with Gasteiger partial charge in [0, 0.05) is 6.42 Å². The highest BCUT2D eigenvalue weighted by Crippen LogP contribution is 2.69. The molecule has 0 aromatic carbocycles. The van der Waals surface area contributed by atoms with E-state index in [9.17, 15) is 15.0 Å². The van der Waals surface area contributed by atoms with Crippen molar-refractivity contribution in [2.45, 2.75) is 104 Å². The molecule has 172 valence electrons. The van der Waals surface area contributed by atoms with Crippen LogP contribution in [0.2, 0.25) is 0 Å². The molecular weight excluding hydrogens is 376 g/mol. The molecule has 4 aliphatic carbocycles. The van der Waals surface area contributed by atoms with E-state index >= 15 is 0 Å². The maximum Gasteiger partial charge on any atom is 0.303 e. The lowest BCUT2D eigenvalue weighted by molar-refractivity contribution is -0.203. The summed E-state index contributed by atoms with van der Waals surface area (Å²) in [6, 6.07) is 0. The highest BCUT2D eigenvalue weighted by molar-refractivity contribution is 5.66. The van der Waals surface area contributed by atoms with Gasteiger partial charge in [0.25, 0.3) is 0 Å². The van der Waals surface area contributed by atoms with Crippen LogP contribution < -0.4 is 0 Å². The van der Waals surface area contributed by atoms with E-state index in [2.05, 4.69) is 27.7 Å². The molecule has 0 aromatic heterocycles. The molecule has 0 radical (unpaired) electrons. The summed E-state index contributed by atoms with van der Waals surface area (Å²) in [7, 11) is 0. The number of rotatable bonds is 5. The molecule has 0 saturated heterocycles. The van der Waals surface area contributed by atoms with Crippen LogP contribution in [0.3, 0.4) is 0 Å². The van der Waals surface area contributed by atoms with E-state index in [0.29, 0.717) is 41.4 Å². The summed E-state index contributed by atoms with van der Waals surface area (Å²) in [5.41, 5.74) is 0.480. The van der Waals surface area contributed by atoms with E-state index in [0.717, 1.165) is 32.1 Å². The van der Waals surface area contributed by atoms with Crippen molar-refractivity contribution < 1.29 is 20.1 Å². The van der Waals surface area contributed by atoms with Gasteiger partial charge < -0.3 is 15.3 Å². The lowest BCUT2D eigenvalue weighted by Gasteiger charge is -2.64. The molecule has 30 heavy (non-hydrogen) atoms. The first-order chi connectivity index (χ1) is 14.1. The van der Waals surface area contributed by atoms with Crippen molar-refractivity contribution in [3.8, 4) is 0 Å². The zero-order valence-electron chi connectivity index (χ0n) is 19.5. The summed E-state index contributed by atoms with van der Waals surface area (Å²) >= 11 is 0. The summed E-state index contributed by atoms with van der Waals surface area (Å²) in [4.78, 5) is 11.1. The van der Waals surface area contributed by atoms with Crippen LogP contribution in [0.4, 0.5) is 0 Å². The van der Waals surface area contributed by atoms with Crippen molar-refractivity contribution in [2.24, 2.45) is 52.3 Å². The van der Waals surface area contributed by atoms with Crippen LogP contribution in [0.1, 0.15) is 91.9 Å².